The molecule has 1 aliphatic carbocycles. The summed E-state index contributed by atoms with van der Waals surface area (Å²) in [6.07, 6.45) is 3.34. The number of carbonyl (C=O) groups excluding carboxylic acids is 1. The van der Waals surface area contributed by atoms with Crippen LogP contribution in [0.5, 0.6) is 0 Å². The van der Waals surface area contributed by atoms with Gasteiger partial charge in [-0.05, 0) is 46.6 Å². The normalized spacial score (nSPS) is 18.9. The molecule has 1 aromatic rings. The Labute approximate surface area is 121 Å². The van der Waals surface area contributed by atoms with Crippen LogP contribution in [0.15, 0.2) is 33.7 Å². The van der Waals surface area contributed by atoms with E-state index in [0.717, 1.165) is 21.4 Å². The first kappa shape index (κ1) is 13.5. The van der Waals surface area contributed by atoms with Gasteiger partial charge in [0, 0.05) is 18.3 Å². The topological polar surface area (TPSA) is 42.0 Å². The molecule has 1 N–H and O–H groups in total. The molecular formula is C14H17IN2O. The van der Waals surface area contributed by atoms with Crippen LogP contribution >= 0.6 is 22.6 Å². The number of carbonyl (C=O) groups is 1. The number of ketones is 1. The highest BCUT2D eigenvalue weighted by atomic mass is 127. The highest BCUT2D eigenvalue weighted by molar-refractivity contribution is 14.1. The van der Waals surface area contributed by atoms with Gasteiger partial charge in [-0.25, -0.2) is 0 Å². The minimum absolute atomic E-state index is 0.0538. The van der Waals surface area contributed by atoms with Crippen LogP contribution in [0.25, 0.3) is 0 Å². The summed E-state index contributed by atoms with van der Waals surface area (Å²) in [5, 5.41) is 3.36. The Morgan fingerprint density at radius 3 is 2.83 bits per heavy atom. The van der Waals surface area contributed by atoms with Gasteiger partial charge in [-0.1, -0.05) is 19.9 Å². The van der Waals surface area contributed by atoms with Crippen LogP contribution in [0.1, 0.15) is 32.4 Å². The molecule has 0 spiro atoms. The second-order valence-corrected chi connectivity index (χ2v) is 6.49. The van der Waals surface area contributed by atoms with E-state index in [0.29, 0.717) is 13.0 Å². The highest BCUT2D eigenvalue weighted by Crippen LogP contribution is 2.37. The molecule has 0 bridgehead atoms. The van der Waals surface area contributed by atoms with E-state index >= 15 is 0 Å². The van der Waals surface area contributed by atoms with Crippen molar-refractivity contribution in [2.75, 3.05) is 0 Å². The van der Waals surface area contributed by atoms with Gasteiger partial charge in [-0.15, -0.1) is 0 Å². The maximum Gasteiger partial charge on any atom is 0.171 e. The molecule has 96 valence electrons. The molecule has 0 saturated heterocycles. The van der Waals surface area contributed by atoms with Crippen LogP contribution in [0, 0.1) is 5.41 Å². The van der Waals surface area contributed by atoms with Gasteiger partial charge in [0.2, 0.25) is 0 Å². The van der Waals surface area contributed by atoms with Crippen molar-refractivity contribution in [3.63, 3.8) is 0 Å². The van der Waals surface area contributed by atoms with Crippen molar-refractivity contribution in [3.8, 4) is 0 Å². The Bertz CT molecular complexity index is 480. The van der Waals surface area contributed by atoms with Gasteiger partial charge in [0.25, 0.3) is 0 Å². The molecule has 0 aromatic carbocycles. The first-order chi connectivity index (χ1) is 8.48. The summed E-state index contributed by atoms with van der Waals surface area (Å²) in [4.78, 5) is 16.2. The smallest absolute Gasteiger partial charge is 0.171 e. The van der Waals surface area contributed by atoms with E-state index in [1.165, 1.54) is 0 Å². The van der Waals surface area contributed by atoms with Crippen molar-refractivity contribution in [2.45, 2.75) is 33.2 Å². The van der Waals surface area contributed by atoms with Gasteiger partial charge >= 0.3 is 0 Å². The molecule has 0 aliphatic heterocycles. The average Bonchev–Trinajstić information content (AvgIpc) is 2.33. The number of Topliss-reactive ketones (excluding diaryl/α,β-unsaturated/α-hetero) is 1. The standard InChI is InChI=1S/C14H17IN2O/c1-14(2)7-11(13(15)12(18)8-14)17-9-10-5-3-4-6-16-10/h3-6,17H,7-9H2,1-2H3. The number of hydrogen-bond acceptors (Lipinski definition) is 3. The van der Waals surface area contributed by atoms with Crippen LogP contribution in [0.4, 0.5) is 0 Å². The SMILES string of the molecule is CC1(C)CC(=O)C(I)=C(NCc2ccccn2)C1. The predicted molar refractivity (Wildman–Crippen MR) is 80.1 cm³/mol. The molecule has 0 saturated carbocycles. The second-order valence-electron chi connectivity index (χ2n) is 5.41. The number of rotatable bonds is 3. The summed E-state index contributed by atoms with van der Waals surface area (Å²) in [5.41, 5.74) is 2.10. The number of allylic oxidation sites excluding steroid dienone is 2. The van der Waals surface area contributed by atoms with Crippen LogP contribution in [0.3, 0.4) is 0 Å². The largest absolute Gasteiger partial charge is 0.382 e. The van der Waals surface area contributed by atoms with Crippen molar-refractivity contribution in [3.05, 3.63) is 39.4 Å². The number of hydrogen-bond donors (Lipinski definition) is 1. The minimum Gasteiger partial charge on any atom is -0.382 e. The summed E-state index contributed by atoms with van der Waals surface area (Å²) in [7, 11) is 0. The lowest BCUT2D eigenvalue weighted by atomic mass is 9.79. The molecule has 4 heteroatoms. The molecule has 2 rings (SSSR count). The van der Waals surface area contributed by atoms with Crippen molar-refractivity contribution < 1.29 is 4.79 Å². The molecule has 1 aliphatic rings. The Kier molecular flexibility index (Phi) is 4.04. The van der Waals surface area contributed by atoms with Gasteiger partial charge < -0.3 is 5.32 Å². The number of aromatic nitrogens is 1. The lowest BCUT2D eigenvalue weighted by Gasteiger charge is -2.31. The molecule has 0 radical (unpaired) electrons. The summed E-state index contributed by atoms with van der Waals surface area (Å²) in [6.45, 7) is 4.94. The molecule has 0 atom stereocenters. The molecule has 0 amide bonds. The zero-order chi connectivity index (χ0) is 13.2. The van der Waals surface area contributed by atoms with Crippen molar-refractivity contribution in [1.29, 1.82) is 0 Å². The zero-order valence-corrected chi connectivity index (χ0v) is 12.8. The van der Waals surface area contributed by atoms with E-state index < -0.39 is 0 Å². The van der Waals surface area contributed by atoms with E-state index in [-0.39, 0.29) is 11.2 Å². The van der Waals surface area contributed by atoms with Crippen LogP contribution in [-0.4, -0.2) is 10.8 Å². The van der Waals surface area contributed by atoms with E-state index in [1.54, 1.807) is 6.20 Å². The van der Waals surface area contributed by atoms with E-state index in [2.05, 4.69) is 46.7 Å². The van der Waals surface area contributed by atoms with Gasteiger partial charge in [-0.3, -0.25) is 9.78 Å². The zero-order valence-electron chi connectivity index (χ0n) is 10.7. The lowest BCUT2D eigenvalue weighted by molar-refractivity contribution is -0.117. The molecule has 0 fully saturated rings. The van der Waals surface area contributed by atoms with E-state index in [9.17, 15) is 4.79 Å². The Balaban J connectivity index is 2.08. The minimum atomic E-state index is 0.0538. The van der Waals surface area contributed by atoms with E-state index in [4.69, 9.17) is 0 Å². The number of halogens is 1. The second kappa shape index (κ2) is 5.38. The average molecular weight is 356 g/mol. The Hall–Kier alpha value is -0.910. The fraction of sp³-hybridized carbons (Fsp3) is 0.429. The first-order valence-electron chi connectivity index (χ1n) is 6.03. The van der Waals surface area contributed by atoms with Crippen molar-refractivity contribution in [1.82, 2.24) is 10.3 Å². The Morgan fingerprint density at radius 2 is 2.17 bits per heavy atom. The number of nitrogens with zero attached hydrogens (tertiary/aromatic N) is 1. The van der Waals surface area contributed by atoms with Crippen LogP contribution in [-0.2, 0) is 11.3 Å². The summed E-state index contributed by atoms with van der Waals surface area (Å²) in [6, 6.07) is 5.86. The molecule has 3 nitrogen and oxygen atoms in total. The summed E-state index contributed by atoms with van der Waals surface area (Å²) < 4.78 is 0.850. The highest BCUT2D eigenvalue weighted by Gasteiger charge is 2.31. The fourth-order valence-electron chi connectivity index (χ4n) is 2.14. The summed E-state index contributed by atoms with van der Waals surface area (Å²) >= 11 is 2.15. The Morgan fingerprint density at radius 1 is 1.39 bits per heavy atom. The lowest BCUT2D eigenvalue weighted by Crippen LogP contribution is -2.29. The van der Waals surface area contributed by atoms with Gasteiger partial charge in [-0.2, -0.15) is 0 Å². The molecule has 1 heterocycles. The first-order valence-corrected chi connectivity index (χ1v) is 7.11. The third kappa shape index (κ3) is 3.31. The predicted octanol–water partition coefficient (Wildman–Crippen LogP) is 3.21. The van der Waals surface area contributed by atoms with Gasteiger partial charge in [0.15, 0.2) is 5.78 Å². The van der Waals surface area contributed by atoms with Gasteiger partial charge in [0.05, 0.1) is 15.8 Å². The number of pyridine rings is 1. The summed E-state index contributed by atoms with van der Waals surface area (Å²) in [5.74, 6) is 0.246. The van der Waals surface area contributed by atoms with Crippen LogP contribution < -0.4 is 5.32 Å². The monoisotopic (exact) mass is 356 g/mol. The molecule has 18 heavy (non-hydrogen) atoms. The maximum atomic E-state index is 11.9. The third-order valence-electron chi connectivity index (χ3n) is 3.01. The molecular weight excluding hydrogens is 339 g/mol. The third-order valence-corrected chi connectivity index (χ3v) is 4.27. The quantitative estimate of drug-likeness (QED) is 0.846. The van der Waals surface area contributed by atoms with Crippen molar-refractivity contribution >= 4 is 28.4 Å². The maximum absolute atomic E-state index is 11.9. The fourth-order valence-corrected chi connectivity index (χ4v) is 2.71. The molecule has 1 aromatic heterocycles. The van der Waals surface area contributed by atoms with Crippen LogP contribution in [0.2, 0.25) is 0 Å². The molecule has 0 unspecified atom stereocenters. The van der Waals surface area contributed by atoms with Crippen molar-refractivity contribution in [2.24, 2.45) is 5.41 Å². The number of nitrogens with one attached hydrogen (secondary N) is 1. The van der Waals surface area contributed by atoms with E-state index in [1.807, 2.05) is 18.2 Å². The van der Waals surface area contributed by atoms with Gasteiger partial charge in [0.1, 0.15) is 0 Å².